The number of nitrogens with zero attached hydrogens (tertiary/aromatic N) is 1. The molecule has 0 fully saturated rings. The summed E-state index contributed by atoms with van der Waals surface area (Å²) in [5, 5.41) is 8.35. The van der Waals surface area contributed by atoms with E-state index in [1.54, 1.807) is 6.92 Å². The van der Waals surface area contributed by atoms with Crippen LogP contribution in [0.1, 0.15) is 16.1 Å². The Kier molecular flexibility index (Phi) is 1.85. The van der Waals surface area contributed by atoms with E-state index in [0.29, 0.717) is 5.56 Å². The highest BCUT2D eigenvalue weighted by Crippen LogP contribution is 2.05. The molecule has 3 nitrogen and oxygen atoms in total. The molecule has 1 aromatic heterocycles. The number of aromatic carboxylic acids is 1. The molecule has 0 saturated heterocycles. The second-order valence-corrected chi connectivity index (χ2v) is 2.15. The van der Waals surface area contributed by atoms with Gasteiger partial charge in [-0.3, -0.25) is 0 Å². The van der Waals surface area contributed by atoms with Crippen LogP contribution in [0.5, 0.6) is 0 Å². The van der Waals surface area contributed by atoms with Crippen molar-refractivity contribution in [3.05, 3.63) is 29.3 Å². The molecular formula is C7H6FNO2. The molecule has 1 aromatic rings. The standard InChI is InChI=1S/C7H6FNO2/c1-4-2-5(8)6(7(10)11)9-3-4/h2-3H,1H3,(H,10,11). The quantitative estimate of drug-likeness (QED) is 0.663. The number of aryl methyl sites for hydroxylation is 1. The molecule has 11 heavy (non-hydrogen) atoms. The number of aromatic nitrogens is 1. The van der Waals surface area contributed by atoms with Crippen LogP contribution >= 0.6 is 0 Å². The van der Waals surface area contributed by atoms with Gasteiger partial charge in [-0.2, -0.15) is 0 Å². The van der Waals surface area contributed by atoms with E-state index in [0.717, 1.165) is 6.07 Å². The Morgan fingerprint density at radius 2 is 2.36 bits per heavy atom. The van der Waals surface area contributed by atoms with Crippen LogP contribution in [0.25, 0.3) is 0 Å². The summed E-state index contributed by atoms with van der Waals surface area (Å²) in [5.41, 5.74) is 0.0723. The van der Waals surface area contributed by atoms with Gasteiger partial charge in [0, 0.05) is 6.20 Å². The minimum Gasteiger partial charge on any atom is -0.476 e. The molecule has 0 unspecified atom stereocenters. The van der Waals surface area contributed by atoms with Crippen molar-refractivity contribution in [1.29, 1.82) is 0 Å². The predicted molar refractivity (Wildman–Crippen MR) is 35.9 cm³/mol. The van der Waals surface area contributed by atoms with Gasteiger partial charge in [-0.15, -0.1) is 0 Å². The largest absolute Gasteiger partial charge is 0.476 e. The highest BCUT2D eigenvalue weighted by atomic mass is 19.1. The topological polar surface area (TPSA) is 50.2 Å². The van der Waals surface area contributed by atoms with E-state index in [1.807, 2.05) is 0 Å². The number of halogens is 1. The molecule has 0 spiro atoms. The van der Waals surface area contributed by atoms with E-state index in [2.05, 4.69) is 4.98 Å². The average molecular weight is 155 g/mol. The molecule has 1 N–H and O–H groups in total. The van der Waals surface area contributed by atoms with Crippen molar-refractivity contribution in [2.75, 3.05) is 0 Å². The second kappa shape index (κ2) is 2.65. The maximum absolute atomic E-state index is 12.7. The zero-order valence-electron chi connectivity index (χ0n) is 5.84. The molecule has 0 aromatic carbocycles. The molecule has 0 bridgehead atoms. The number of carbonyl (C=O) groups is 1. The maximum Gasteiger partial charge on any atom is 0.357 e. The summed E-state index contributed by atoms with van der Waals surface area (Å²) in [7, 11) is 0. The third-order valence-corrected chi connectivity index (χ3v) is 1.18. The van der Waals surface area contributed by atoms with Crippen LogP contribution in [0.4, 0.5) is 4.39 Å². The monoisotopic (exact) mass is 155 g/mol. The Labute approximate surface area is 62.5 Å². The van der Waals surface area contributed by atoms with E-state index >= 15 is 0 Å². The van der Waals surface area contributed by atoms with Crippen molar-refractivity contribution in [2.45, 2.75) is 6.92 Å². The summed E-state index contributed by atoms with van der Waals surface area (Å²) in [6, 6.07) is 1.14. The fraction of sp³-hybridized carbons (Fsp3) is 0.143. The summed E-state index contributed by atoms with van der Waals surface area (Å²) < 4.78 is 12.7. The van der Waals surface area contributed by atoms with Gasteiger partial charge in [0.1, 0.15) is 0 Å². The van der Waals surface area contributed by atoms with Gasteiger partial charge in [0.05, 0.1) is 0 Å². The number of carboxylic acid groups (broad SMARTS) is 1. The molecule has 0 aliphatic heterocycles. The number of hydrogen-bond acceptors (Lipinski definition) is 2. The van der Waals surface area contributed by atoms with Crippen molar-refractivity contribution in [3.63, 3.8) is 0 Å². The minimum absolute atomic E-state index is 0.532. The highest BCUT2D eigenvalue weighted by Gasteiger charge is 2.10. The number of rotatable bonds is 1. The molecule has 0 radical (unpaired) electrons. The Morgan fingerprint density at radius 1 is 1.73 bits per heavy atom. The molecule has 0 aliphatic rings. The van der Waals surface area contributed by atoms with Crippen molar-refractivity contribution in [1.82, 2.24) is 4.98 Å². The molecule has 1 heterocycles. The first-order valence-electron chi connectivity index (χ1n) is 2.96. The lowest BCUT2D eigenvalue weighted by Gasteiger charge is -1.95. The minimum atomic E-state index is -1.34. The smallest absolute Gasteiger partial charge is 0.357 e. The van der Waals surface area contributed by atoms with E-state index in [1.165, 1.54) is 6.20 Å². The van der Waals surface area contributed by atoms with Crippen LogP contribution < -0.4 is 0 Å². The summed E-state index contributed by atoms with van der Waals surface area (Å²) in [6.45, 7) is 1.64. The third-order valence-electron chi connectivity index (χ3n) is 1.18. The Bertz CT molecular complexity index is 298. The van der Waals surface area contributed by atoms with Gasteiger partial charge < -0.3 is 5.11 Å². The van der Waals surface area contributed by atoms with Crippen LogP contribution in [0.2, 0.25) is 0 Å². The summed E-state index contributed by atoms with van der Waals surface area (Å²) in [4.78, 5) is 13.6. The van der Waals surface area contributed by atoms with Crippen LogP contribution in [0.3, 0.4) is 0 Å². The van der Waals surface area contributed by atoms with E-state index < -0.39 is 17.5 Å². The van der Waals surface area contributed by atoms with Gasteiger partial charge in [-0.05, 0) is 18.6 Å². The first-order valence-corrected chi connectivity index (χ1v) is 2.96. The molecular weight excluding hydrogens is 149 g/mol. The molecule has 0 saturated carbocycles. The maximum atomic E-state index is 12.7. The second-order valence-electron chi connectivity index (χ2n) is 2.15. The van der Waals surface area contributed by atoms with Crippen molar-refractivity contribution in [2.24, 2.45) is 0 Å². The predicted octanol–water partition coefficient (Wildman–Crippen LogP) is 1.23. The van der Waals surface area contributed by atoms with Crippen molar-refractivity contribution < 1.29 is 14.3 Å². The first kappa shape index (κ1) is 7.65. The fourth-order valence-corrected chi connectivity index (χ4v) is 0.691. The fourth-order valence-electron chi connectivity index (χ4n) is 0.691. The van der Waals surface area contributed by atoms with Crippen LogP contribution in [-0.4, -0.2) is 16.1 Å². The van der Waals surface area contributed by atoms with Crippen molar-refractivity contribution in [3.8, 4) is 0 Å². The van der Waals surface area contributed by atoms with Crippen LogP contribution in [-0.2, 0) is 0 Å². The van der Waals surface area contributed by atoms with Gasteiger partial charge in [-0.25, -0.2) is 14.2 Å². The Morgan fingerprint density at radius 3 is 2.82 bits per heavy atom. The lowest BCUT2D eigenvalue weighted by atomic mass is 10.2. The SMILES string of the molecule is Cc1cnc(C(=O)O)c(F)c1. The zero-order chi connectivity index (χ0) is 8.43. The molecule has 4 heteroatoms. The number of hydrogen-bond donors (Lipinski definition) is 1. The van der Waals surface area contributed by atoms with Crippen LogP contribution in [0, 0.1) is 12.7 Å². The zero-order valence-corrected chi connectivity index (χ0v) is 5.84. The van der Waals surface area contributed by atoms with Gasteiger partial charge in [0.2, 0.25) is 0 Å². The normalized spacial score (nSPS) is 9.64. The molecule has 58 valence electrons. The van der Waals surface area contributed by atoms with Gasteiger partial charge in [0.15, 0.2) is 11.5 Å². The molecule has 1 rings (SSSR count). The van der Waals surface area contributed by atoms with Gasteiger partial charge in [0.25, 0.3) is 0 Å². The lowest BCUT2D eigenvalue weighted by Crippen LogP contribution is -2.03. The first-order chi connectivity index (χ1) is 5.11. The highest BCUT2D eigenvalue weighted by molar-refractivity contribution is 5.85. The van der Waals surface area contributed by atoms with Crippen LogP contribution in [0.15, 0.2) is 12.3 Å². The number of carboxylic acids is 1. The molecule has 0 amide bonds. The third kappa shape index (κ3) is 1.52. The Balaban J connectivity index is 3.20. The van der Waals surface area contributed by atoms with E-state index in [4.69, 9.17) is 5.11 Å². The summed E-state index contributed by atoms with van der Waals surface area (Å²) >= 11 is 0. The van der Waals surface area contributed by atoms with E-state index in [-0.39, 0.29) is 0 Å². The van der Waals surface area contributed by atoms with Gasteiger partial charge in [-0.1, -0.05) is 0 Å². The summed E-state index contributed by atoms with van der Waals surface area (Å²) in [5.74, 6) is -2.14. The van der Waals surface area contributed by atoms with E-state index in [9.17, 15) is 9.18 Å². The summed E-state index contributed by atoms with van der Waals surface area (Å²) in [6.07, 6.45) is 1.31. The average Bonchev–Trinajstić information content (AvgIpc) is 1.85. The number of pyridine rings is 1. The van der Waals surface area contributed by atoms with Gasteiger partial charge >= 0.3 is 5.97 Å². The Hall–Kier alpha value is -1.45. The van der Waals surface area contributed by atoms with Crippen molar-refractivity contribution >= 4 is 5.97 Å². The molecule has 0 aliphatic carbocycles. The lowest BCUT2D eigenvalue weighted by molar-refractivity contribution is 0.0685. The molecule has 0 atom stereocenters.